The molecule has 0 aliphatic carbocycles. The number of rotatable bonds is 3. The molecule has 0 saturated heterocycles. The van der Waals surface area contributed by atoms with E-state index in [-0.39, 0.29) is 0 Å². The van der Waals surface area contributed by atoms with Gasteiger partial charge in [0.15, 0.2) is 0 Å². The van der Waals surface area contributed by atoms with Crippen LogP contribution in [0.2, 0.25) is 0 Å². The van der Waals surface area contributed by atoms with Gasteiger partial charge in [-0.2, -0.15) is 0 Å². The van der Waals surface area contributed by atoms with E-state index < -0.39 is 0 Å². The van der Waals surface area contributed by atoms with Crippen LogP contribution in [0, 0.1) is 5.92 Å². The third-order valence-electron chi connectivity index (χ3n) is 1.85. The highest BCUT2D eigenvalue weighted by atomic mass is 15.4. The summed E-state index contributed by atoms with van der Waals surface area (Å²) in [5.74, 6) is 6.30. The zero-order valence-electron chi connectivity index (χ0n) is 6.89. The zero-order chi connectivity index (χ0) is 7.44. The summed E-state index contributed by atoms with van der Waals surface area (Å²) in [6.45, 7) is 9.51. The first-order chi connectivity index (χ1) is 4.09. The molecule has 0 bridgehead atoms. The highest BCUT2D eigenvalue weighted by molar-refractivity contribution is 4.62. The molecule has 2 nitrogen and oxygen atoms in total. The summed E-state index contributed by atoms with van der Waals surface area (Å²) in [6.07, 6.45) is 0. The lowest BCUT2D eigenvalue weighted by Gasteiger charge is -2.25. The molecule has 0 rings (SSSR count). The predicted molar refractivity (Wildman–Crippen MR) is 40.9 cm³/mol. The van der Waals surface area contributed by atoms with Crippen molar-refractivity contribution in [3.8, 4) is 0 Å². The third kappa shape index (κ3) is 2.82. The smallest absolute Gasteiger partial charge is 0.0235 e. The normalized spacial score (nSPS) is 15.0. The molecule has 0 spiro atoms. The highest BCUT2D eigenvalue weighted by Crippen LogP contribution is 2.04. The van der Waals surface area contributed by atoms with Crippen molar-refractivity contribution in [3.63, 3.8) is 0 Å². The second-order valence-electron chi connectivity index (χ2n) is 2.82. The standard InChI is InChI=1S/C7H18N2/c1-5-9(8)7(4)6(2)3/h6-7H,5,8H2,1-4H3. The molecule has 1 unspecified atom stereocenters. The summed E-state index contributed by atoms with van der Waals surface area (Å²) in [5.41, 5.74) is 0. The Kier molecular flexibility index (Phi) is 3.82. The van der Waals surface area contributed by atoms with Crippen LogP contribution in [0.3, 0.4) is 0 Å². The average molecular weight is 130 g/mol. The van der Waals surface area contributed by atoms with Crippen LogP contribution in [-0.2, 0) is 0 Å². The Morgan fingerprint density at radius 1 is 1.33 bits per heavy atom. The number of nitrogens with two attached hydrogens (primary N) is 1. The van der Waals surface area contributed by atoms with E-state index in [1.165, 1.54) is 0 Å². The molecule has 2 N–H and O–H groups in total. The van der Waals surface area contributed by atoms with Gasteiger partial charge in [-0.15, -0.1) is 0 Å². The van der Waals surface area contributed by atoms with Crippen LogP contribution in [0.5, 0.6) is 0 Å². The van der Waals surface area contributed by atoms with E-state index >= 15 is 0 Å². The monoisotopic (exact) mass is 130 g/mol. The molecule has 0 aliphatic heterocycles. The van der Waals surface area contributed by atoms with Crippen molar-refractivity contribution in [2.75, 3.05) is 6.54 Å². The molecule has 0 aromatic rings. The largest absolute Gasteiger partial charge is 0.269 e. The predicted octanol–water partition coefficient (Wildman–Crippen LogP) is 1.23. The minimum Gasteiger partial charge on any atom is -0.269 e. The number of hydrogen-bond donors (Lipinski definition) is 1. The molecule has 2 heteroatoms. The summed E-state index contributed by atoms with van der Waals surface area (Å²) in [7, 11) is 0. The van der Waals surface area contributed by atoms with Crippen molar-refractivity contribution in [3.05, 3.63) is 0 Å². The van der Waals surface area contributed by atoms with Gasteiger partial charge in [0.2, 0.25) is 0 Å². The maximum Gasteiger partial charge on any atom is 0.0235 e. The van der Waals surface area contributed by atoms with E-state index in [1.807, 2.05) is 5.01 Å². The van der Waals surface area contributed by atoms with E-state index in [9.17, 15) is 0 Å². The van der Waals surface area contributed by atoms with Crippen LogP contribution >= 0.6 is 0 Å². The van der Waals surface area contributed by atoms with Crippen LogP contribution in [0.15, 0.2) is 0 Å². The Labute approximate surface area is 58.0 Å². The molecule has 0 aromatic heterocycles. The summed E-state index contributed by atoms with van der Waals surface area (Å²) >= 11 is 0. The molecular formula is C7H18N2. The van der Waals surface area contributed by atoms with Crippen molar-refractivity contribution in [1.29, 1.82) is 0 Å². The lowest BCUT2D eigenvalue weighted by atomic mass is 10.1. The van der Waals surface area contributed by atoms with Crippen LogP contribution in [0.4, 0.5) is 0 Å². The van der Waals surface area contributed by atoms with Gasteiger partial charge in [0, 0.05) is 12.6 Å². The van der Waals surface area contributed by atoms with Gasteiger partial charge in [0.05, 0.1) is 0 Å². The van der Waals surface area contributed by atoms with Gasteiger partial charge >= 0.3 is 0 Å². The van der Waals surface area contributed by atoms with Crippen LogP contribution in [0.25, 0.3) is 0 Å². The Balaban J connectivity index is 3.58. The molecular weight excluding hydrogens is 112 g/mol. The molecule has 0 radical (unpaired) electrons. The molecule has 0 aromatic carbocycles. The van der Waals surface area contributed by atoms with Crippen molar-refractivity contribution in [2.24, 2.45) is 11.8 Å². The quantitative estimate of drug-likeness (QED) is 0.460. The van der Waals surface area contributed by atoms with Crippen molar-refractivity contribution < 1.29 is 0 Å². The Morgan fingerprint density at radius 2 is 1.78 bits per heavy atom. The number of hydrogen-bond acceptors (Lipinski definition) is 2. The zero-order valence-corrected chi connectivity index (χ0v) is 6.89. The maximum atomic E-state index is 5.65. The van der Waals surface area contributed by atoms with Gasteiger partial charge in [-0.05, 0) is 12.8 Å². The van der Waals surface area contributed by atoms with E-state index in [2.05, 4.69) is 27.7 Å². The maximum absolute atomic E-state index is 5.65. The number of nitrogens with zero attached hydrogens (tertiary/aromatic N) is 1. The molecule has 9 heavy (non-hydrogen) atoms. The van der Waals surface area contributed by atoms with Gasteiger partial charge in [-0.25, -0.2) is 5.01 Å². The first-order valence-corrected chi connectivity index (χ1v) is 3.61. The molecule has 0 saturated carbocycles. The summed E-state index contributed by atoms with van der Waals surface area (Å²) in [5, 5.41) is 1.87. The van der Waals surface area contributed by atoms with Gasteiger partial charge in [-0.3, -0.25) is 5.84 Å². The van der Waals surface area contributed by atoms with Gasteiger partial charge in [0.25, 0.3) is 0 Å². The second kappa shape index (κ2) is 3.85. The minimum atomic E-state index is 0.495. The highest BCUT2D eigenvalue weighted by Gasteiger charge is 2.10. The van der Waals surface area contributed by atoms with Crippen molar-refractivity contribution in [1.82, 2.24) is 5.01 Å². The summed E-state index contributed by atoms with van der Waals surface area (Å²) in [4.78, 5) is 0. The Morgan fingerprint density at radius 3 is 1.89 bits per heavy atom. The van der Waals surface area contributed by atoms with E-state index in [0.717, 1.165) is 6.54 Å². The average Bonchev–Trinajstić information content (AvgIpc) is 1.84. The molecule has 0 aliphatic rings. The lowest BCUT2D eigenvalue weighted by molar-refractivity contribution is 0.181. The van der Waals surface area contributed by atoms with Gasteiger partial charge < -0.3 is 0 Å². The molecule has 56 valence electrons. The number of hydrazine groups is 1. The molecule has 0 heterocycles. The fraction of sp³-hybridized carbons (Fsp3) is 1.00. The van der Waals surface area contributed by atoms with Crippen LogP contribution in [0.1, 0.15) is 27.7 Å². The SMILES string of the molecule is CCN(N)C(C)C(C)C. The third-order valence-corrected chi connectivity index (χ3v) is 1.85. The lowest BCUT2D eigenvalue weighted by Crippen LogP contribution is -2.41. The molecule has 1 atom stereocenters. The van der Waals surface area contributed by atoms with Crippen LogP contribution < -0.4 is 5.84 Å². The first kappa shape index (κ1) is 8.92. The second-order valence-corrected chi connectivity index (χ2v) is 2.82. The fourth-order valence-corrected chi connectivity index (χ4v) is 0.671. The van der Waals surface area contributed by atoms with E-state index in [4.69, 9.17) is 5.84 Å². The summed E-state index contributed by atoms with van der Waals surface area (Å²) in [6, 6.07) is 0.495. The fourth-order valence-electron chi connectivity index (χ4n) is 0.671. The minimum absolute atomic E-state index is 0.495. The Hall–Kier alpha value is -0.0800. The van der Waals surface area contributed by atoms with E-state index in [0.29, 0.717) is 12.0 Å². The van der Waals surface area contributed by atoms with Gasteiger partial charge in [-0.1, -0.05) is 20.8 Å². The van der Waals surface area contributed by atoms with Crippen LogP contribution in [-0.4, -0.2) is 17.6 Å². The van der Waals surface area contributed by atoms with Gasteiger partial charge in [0.1, 0.15) is 0 Å². The molecule has 0 fully saturated rings. The van der Waals surface area contributed by atoms with Crippen molar-refractivity contribution in [2.45, 2.75) is 33.7 Å². The van der Waals surface area contributed by atoms with Crippen molar-refractivity contribution >= 4 is 0 Å². The van der Waals surface area contributed by atoms with E-state index in [1.54, 1.807) is 0 Å². The summed E-state index contributed by atoms with van der Waals surface area (Å²) < 4.78 is 0. The topological polar surface area (TPSA) is 29.3 Å². The molecule has 0 amide bonds. The Bertz CT molecular complexity index is 71.3. The first-order valence-electron chi connectivity index (χ1n) is 3.61.